The number of carbonyl (C=O) groups excluding carboxylic acids is 2. The van der Waals surface area contributed by atoms with Crippen LogP contribution in [0.2, 0.25) is 5.02 Å². The average molecular weight is 474 g/mol. The number of amides is 1. The van der Waals surface area contributed by atoms with Crippen LogP contribution in [0.1, 0.15) is 46.4 Å². The molecule has 2 aromatic carbocycles. The zero-order valence-corrected chi connectivity index (χ0v) is 18.9. The van der Waals surface area contributed by atoms with Gasteiger partial charge in [0.25, 0.3) is 11.6 Å². The summed E-state index contributed by atoms with van der Waals surface area (Å²) in [4.78, 5) is 35.4. The van der Waals surface area contributed by atoms with Crippen molar-refractivity contribution >= 4 is 40.7 Å². The lowest BCUT2D eigenvalue weighted by Crippen LogP contribution is -2.28. The van der Waals surface area contributed by atoms with E-state index in [-0.39, 0.29) is 28.7 Å². The van der Waals surface area contributed by atoms with Gasteiger partial charge in [0.05, 0.1) is 16.7 Å². The zero-order chi connectivity index (χ0) is 23.3. The summed E-state index contributed by atoms with van der Waals surface area (Å²) in [5.41, 5.74) is 0.601. The number of thioether (sulfide) groups is 1. The second-order valence-electron chi connectivity index (χ2n) is 6.81. The summed E-state index contributed by atoms with van der Waals surface area (Å²) in [7, 11) is 0. The lowest BCUT2D eigenvalue weighted by atomic mass is 10.1. The summed E-state index contributed by atoms with van der Waals surface area (Å²) >= 11 is 7.05. The largest absolute Gasteiger partial charge is 0.342 e. The molecule has 0 saturated heterocycles. The Morgan fingerprint density at radius 1 is 1.19 bits per heavy atom. The Morgan fingerprint density at radius 3 is 2.56 bits per heavy atom. The zero-order valence-electron chi connectivity index (χ0n) is 17.3. The molecule has 1 N–H and O–H groups in total. The van der Waals surface area contributed by atoms with Crippen molar-refractivity contribution in [3.8, 4) is 0 Å². The second kappa shape index (κ2) is 10.4. The fourth-order valence-corrected chi connectivity index (χ4v) is 4.01. The molecular weight excluding hydrogens is 454 g/mol. The number of Topliss-reactive ketones (excluding diaryl/α,β-unsaturated/α-hetero) is 1. The molecule has 166 valence electrons. The first-order valence-corrected chi connectivity index (χ1v) is 11.1. The minimum atomic E-state index is -0.538. The van der Waals surface area contributed by atoms with Gasteiger partial charge in [-0.05, 0) is 38.1 Å². The highest BCUT2D eigenvalue weighted by Gasteiger charge is 2.21. The van der Waals surface area contributed by atoms with Crippen molar-refractivity contribution in [2.75, 3.05) is 5.75 Å². The quantitative estimate of drug-likeness (QED) is 0.212. The number of nitrogens with zero attached hydrogens (tertiary/aromatic N) is 4. The van der Waals surface area contributed by atoms with Crippen LogP contribution in [-0.4, -0.2) is 37.1 Å². The summed E-state index contributed by atoms with van der Waals surface area (Å²) in [6.45, 7) is 4.25. The van der Waals surface area contributed by atoms with Crippen LogP contribution in [-0.2, 0) is 6.54 Å². The van der Waals surface area contributed by atoms with Gasteiger partial charge < -0.3 is 9.88 Å². The molecular formula is C21H20ClN5O4S. The van der Waals surface area contributed by atoms with Crippen LogP contribution in [0.25, 0.3) is 0 Å². The van der Waals surface area contributed by atoms with Crippen LogP contribution >= 0.6 is 23.4 Å². The maximum Gasteiger partial charge on any atom is 0.270 e. The Morgan fingerprint density at radius 2 is 1.91 bits per heavy atom. The number of hydrogen-bond donors (Lipinski definition) is 1. The molecule has 1 atom stereocenters. The smallest absolute Gasteiger partial charge is 0.270 e. The Labute approximate surface area is 193 Å². The molecule has 0 fully saturated rings. The summed E-state index contributed by atoms with van der Waals surface area (Å²) in [5.74, 6) is 0.0788. The number of rotatable bonds is 9. The first-order chi connectivity index (χ1) is 15.3. The van der Waals surface area contributed by atoms with Crippen molar-refractivity contribution < 1.29 is 14.5 Å². The molecule has 1 aromatic heterocycles. The van der Waals surface area contributed by atoms with Crippen molar-refractivity contribution in [1.82, 2.24) is 20.1 Å². The summed E-state index contributed by atoms with van der Waals surface area (Å²) < 4.78 is 1.82. The highest BCUT2D eigenvalue weighted by atomic mass is 35.5. The fraction of sp³-hybridized carbons (Fsp3) is 0.238. The first kappa shape index (κ1) is 23.4. The molecule has 3 rings (SSSR count). The van der Waals surface area contributed by atoms with E-state index in [0.29, 0.717) is 28.1 Å². The van der Waals surface area contributed by atoms with E-state index < -0.39 is 11.0 Å². The van der Waals surface area contributed by atoms with E-state index in [4.69, 9.17) is 11.6 Å². The van der Waals surface area contributed by atoms with E-state index in [1.54, 1.807) is 37.3 Å². The summed E-state index contributed by atoms with van der Waals surface area (Å²) in [5, 5.41) is 23.2. The van der Waals surface area contributed by atoms with Gasteiger partial charge in [-0.25, -0.2) is 0 Å². The number of carbonyl (C=O) groups is 2. The van der Waals surface area contributed by atoms with Crippen molar-refractivity contribution in [3.63, 3.8) is 0 Å². The lowest BCUT2D eigenvalue weighted by molar-refractivity contribution is -0.384. The van der Waals surface area contributed by atoms with E-state index in [1.165, 1.54) is 30.0 Å². The number of benzene rings is 2. The number of non-ortho nitro benzene ring substituents is 1. The number of hydrogen-bond acceptors (Lipinski definition) is 7. The molecule has 0 spiro atoms. The molecule has 0 aliphatic rings. The monoisotopic (exact) mass is 473 g/mol. The molecule has 0 aliphatic heterocycles. The third kappa shape index (κ3) is 5.51. The van der Waals surface area contributed by atoms with Gasteiger partial charge in [-0.15, -0.1) is 10.2 Å². The summed E-state index contributed by atoms with van der Waals surface area (Å²) in [6, 6.07) is 11.7. The molecule has 9 nitrogen and oxygen atoms in total. The van der Waals surface area contributed by atoms with Crippen molar-refractivity contribution in [2.24, 2.45) is 0 Å². The lowest BCUT2D eigenvalue weighted by Gasteiger charge is -2.15. The fourth-order valence-electron chi connectivity index (χ4n) is 2.98. The third-order valence-corrected chi connectivity index (χ3v) is 5.83. The van der Waals surface area contributed by atoms with Crippen LogP contribution in [0.4, 0.5) is 5.69 Å². The minimum absolute atomic E-state index is 0.0464. The van der Waals surface area contributed by atoms with E-state index in [9.17, 15) is 19.7 Å². The van der Waals surface area contributed by atoms with E-state index in [0.717, 1.165) is 0 Å². The van der Waals surface area contributed by atoms with E-state index in [2.05, 4.69) is 15.5 Å². The molecule has 0 bridgehead atoms. The van der Waals surface area contributed by atoms with Crippen molar-refractivity contribution in [1.29, 1.82) is 0 Å². The van der Waals surface area contributed by atoms with Gasteiger partial charge in [-0.1, -0.05) is 35.5 Å². The van der Waals surface area contributed by atoms with Crippen LogP contribution in [0.15, 0.2) is 53.7 Å². The van der Waals surface area contributed by atoms with Crippen LogP contribution in [0.5, 0.6) is 0 Å². The number of nitro groups is 1. The maximum atomic E-state index is 12.5. The molecule has 0 aliphatic carbocycles. The summed E-state index contributed by atoms with van der Waals surface area (Å²) in [6.07, 6.45) is 0. The predicted molar refractivity (Wildman–Crippen MR) is 121 cm³/mol. The highest BCUT2D eigenvalue weighted by Crippen LogP contribution is 2.23. The topological polar surface area (TPSA) is 120 Å². The SMILES string of the molecule is CCn1c(SCC(=O)c2cccc([N+](=O)[O-])c2)nnc1[C@H](C)NC(=O)c1ccc(Cl)cc1. The molecule has 1 amide bonds. The number of halogens is 1. The molecule has 0 unspecified atom stereocenters. The van der Waals surface area contributed by atoms with Gasteiger partial charge in [0.15, 0.2) is 16.8 Å². The Bertz CT molecular complexity index is 1150. The maximum absolute atomic E-state index is 12.5. The number of nitrogens with one attached hydrogen (secondary N) is 1. The van der Waals surface area contributed by atoms with E-state index in [1.807, 2.05) is 11.5 Å². The van der Waals surface area contributed by atoms with E-state index >= 15 is 0 Å². The number of aromatic nitrogens is 3. The Balaban J connectivity index is 1.68. The number of ketones is 1. The Kier molecular flexibility index (Phi) is 7.60. The molecule has 0 radical (unpaired) electrons. The molecule has 1 heterocycles. The normalized spacial score (nSPS) is 11.7. The second-order valence-corrected chi connectivity index (χ2v) is 8.19. The van der Waals surface area contributed by atoms with Crippen LogP contribution in [0.3, 0.4) is 0 Å². The van der Waals surface area contributed by atoms with Gasteiger partial charge >= 0.3 is 0 Å². The van der Waals surface area contributed by atoms with Gasteiger partial charge in [-0.2, -0.15) is 0 Å². The van der Waals surface area contributed by atoms with Gasteiger partial charge in [0.2, 0.25) is 0 Å². The molecule has 11 heteroatoms. The van der Waals surface area contributed by atoms with Crippen LogP contribution in [0, 0.1) is 10.1 Å². The van der Waals surface area contributed by atoms with Crippen molar-refractivity contribution in [3.05, 3.63) is 80.6 Å². The van der Waals surface area contributed by atoms with Crippen molar-refractivity contribution in [2.45, 2.75) is 31.6 Å². The first-order valence-electron chi connectivity index (χ1n) is 9.70. The molecule has 0 saturated carbocycles. The standard InChI is InChI=1S/C21H20ClN5O4S/c1-3-26-19(13(2)23-20(29)14-7-9-16(22)10-8-14)24-25-21(26)32-12-18(28)15-5-4-6-17(11-15)27(30)31/h4-11,13H,3,12H2,1-2H3,(H,23,29)/t13-/m0/s1. The molecule has 32 heavy (non-hydrogen) atoms. The van der Waals surface area contributed by atoms with Crippen LogP contribution < -0.4 is 5.32 Å². The highest BCUT2D eigenvalue weighted by molar-refractivity contribution is 7.99. The molecule has 3 aromatic rings. The van der Waals surface area contributed by atoms with Gasteiger partial charge in [0.1, 0.15) is 0 Å². The average Bonchev–Trinajstić information content (AvgIpc) is 3.21. The van der Waals surface area contributed by atoms with Gasteiger partial charge in [0, 0.05) is 34.8 Å². The van der Waals surface area contributed by atoms with Gasteiger partial charge in [-0.3, -0.25) is 19.7 Å². The minimum Gasteiger partial charge on any atom is -0.342 e. The Hall–Kier alpha value is -3.24. The number of nitro benzene ring substituents is 1. The predicted octanol–water partition coefficient (Wildman–Crippen LogP) is 4.33. The third-order valence-electron chi connectivity index (χ3n) is 4.61.